The van der Waals surface area contributed by atoms with Crippen LogP contribution in [0.3, 0.4) is 0 Å². The molecule has 1 heterocycles. The Morgan fingerprint density at radius 3 is 2.33 bits per heavy atom. The molecule has 1 N–H and O–H groups in total. The number of aliphatic carboxylic acids is 1. The lowest BCUT2D eigenvalue weighted by molar-refractivity contribution is -0.164. The molecule has 0 saturated carbocycles. The van der Waals surface area contributed by atoms with Crippen molar-refractivity contribution in [2.75, 3.05) is 13.8 Å². The van der Waals surface area contributed by atoms with E-state index in [4.69, 9.17) is 32.7 Å². The molecule has 0 amide bonds. The second-order valence-electron chi connectivity index (χ2n) is 6.75. The van der Waals surface area contributed by atoms with Crippen molar-refractivity contribution in [3.05, 3.63) is 56.3 Å². The van der Waals surface area contributed by atoms with E-state index in [9.17, 15) is 19.5 Å². The summed E-state index contributed by atoms with van der Waals surface area (Å²) in [5.74, 6) is -3.51. The smallest absolute Gasteiger partial charge is 0.339 e. The lowest BCUT2D eigenvalue weighted by Gasteiger charge is -2.35. The fourth-order valence-corrected chi connectivity index (χ4v) is 3.69. The number of carboxylic acids is 1. The second-order valence-corrected chi connectivity index (χ2v) is 7.54. The third kappa shape index (κ3) is 4.79. The maximum absolute atomic E-state index is 13.0. The first-order chi connectivity index (χ1) is 14.1. The number of esters is 2. The molecule has 1 aromatic rings. The molecule has 1 aliphatic heterocycles. The van der Waals surface area contributed by atoms with Crippen LogP contribution in [0.4, 0.5) is 0 Å². The van der Waals surface area contributed by atoms with E-state index in [0.717, 1.165) is 0 Å². The van der Waals surface area contributed by atoms with Gasteiger partial charge in [0.05, 0.1) is 27.1 Å². The Morgan fingerprint density at radius 2 is 1.73 bits per heavy atom. The predicted molar refractivity (Wildman–Crippen MR) is 112 cm³/mol. The quantitative estimate of drug-likeness (QED) is 0.477. The molecule has 30 heavy (non-hydrogen) atoms. The minimum Gasteiger partial charge on any atom is -0.478 e. The van der Waals surface area contributed by atoms with E-state index in [0.29, 0.717) is 23.4 Å². The van der Waals surface area contributed by atoms with Crippen LogP contribution >= 0.6 is 23.2 Å². The van der Waals surface area contributed by atoms with Gasteiger partial charge in [-0.2, -0.15) is 0 Å². The summed E-state index contributed by atoms with van der Waals surface area (Å²) >= 11 is 12.5. The van der Waals surface area contributed by atoms with Crippen molar-refractivity contribution in [1.82, 2.24) is 4.90 Å². The zero-order chi connectivity index (χ0) is 22.6. The molecule has 0 radical (unpaired) electrons. The number of benzene rings is 1. The van der Waals surface area contributed by atoms with Gasteiger partial charge in [0.25, 0.3) is 0 Å². The van der Waals surface area contributed by atoms with Crippen molar-refractivity contribution < 1.29 is 29.0 Å². The maximum atomic E-state index is 13.0. The van der Waals surface area contributed by atoms with Crippen molar-refractivity contribution >= 4 is 41.1 Å². The van der Waals surface area contributed by atoms with Crippen molar-refractivity contribution in [2.24, 2.45) is 0 Å². The topological polar surface area (TPSA) is 93.1 Å². The molecule has 162 valence electrons. The van der Waals surface area contributed by atoms with Crippen molar-refractivity contribution in [3.8, 4) is 0 Å². The molecule has 0 spiro atoms. The normalized spacial score (nSPS) is 16.6. The fraction of sp³-hybridized carbons (Fsp3) is 0.381. The van der Waals surface area contributed by atoms with Crippen LogP contribution in [0.1, 0.15) is 45.1 Å². The van der Waals surface area contributed by atoms with Gasteiger partial charge < -0.3 is 19.5 Å². The van der Waals surface area contributed by atoms with Gasteiger partial charge in [-0.15, -0.1) is 0 Å². The third-order valence-corrected chi connectivity index (χ3v) is 5.80. The van der Waals surface area contributed by atoms with Crippen LogP contribution in [0.15, 0.2) is 40.7 Å². The van der Waals surface area contributed by atoms with E-state index in [-0.39, 0.29) is 27.6 Å². The summed E-state index contributed by atoms with van der Waals surface area (Å²) in [6.07, 6.45) is 0.803. The van der Waals surface area contributed by atoms with Crippen molar-refractivity contribution in [3.63, 3.8) is 0 Å². The Morgan fingerprint density at radius 1 is 1.10 bits per heavy atom. The zero-order valence-corrected chi connectivity index (χ0v) is 18.6. The number of hydrogen-bond donors (Lipinski definition) is 1. The highest BCUT2D eigenvalue weighted by Gasteiger charge is 2.40. The molecular weight excluding hydrogens is 433 g/mol. The largest absolute Gasteiger partial charge is 0.478 e. The zero-order valence-electron chi connectivity index (χ0n) is 17.1. The average Bonchev–Trinajstić information content (AvgIpc) is 2.67. The Labute approximate surface area is 184 Å². The van der Waals surface area contributed by atoms with Gasteiger partial charge in [-0.05, 0) is 31.9 Å². The van der Waals surface area contributed by atoms with Crippen LogP contribution in [-0.4, -0.2) is 41.8 Å². The first-order valence-electron chi connectivity index (χ1n) is 9.26. The van der Waals surface area contributed by atoms with Crippen LogP contribution in [-0.2, 0) is 23.9 Å². The highest BCUT2D eigenvalue weighted by atomic mass is 35.5. The molecule has 0 bridgehead atoms. The van der Waals surface area contributed by atoms with Gasteiger partial charge in [-0.25, -0.2) is 9.59 Å². The van der Waals surface area contributed by atoms with Crippen LogP contribution < -0.4 is 0 Å². The van der Waals surface area contributed by atoms with Gasteiger partial charge in [0.2, 0.25) is 6.79 Å². The Bertz CT molecular complexity index is 937. The first kappa shape index (κ1) is 23.8. The summed E-state index contributed by atoms with van der Waals surface area (Å²) in [7, 11) is 1.65. The van der Waals surface area contributed by atoms with E-state index in [1.807, 2.05) is 6.92 Å². The molecule has 1 unspecified atom stereocenters. The number of hydrogen-bond acceptors (Lipinski definition) is 6. The number of carbonyl (C=O) groups is 3. The number of rotatable bonds is 7. The Hall–Kier alpha value is -2.51. The van der Waals surface area contributed by atoms with Gasteiger partial charge >= 0.3 is 17.9 Å². The monoisotopic (exact) mass is 455 g/mol. The minimum absolute atomic E-state index is 0.0257. The summed E-state index contributed by atoms with van der Waals surface area (Å²) in [6.45, 7) is 4.57. The van der Waals surface area contributed by atoms with Gasteiger partial charge in [-0.3, -0.25) is 4.79 Å². The molecule has 0 saturated heterocycles. The summed E-state index contributed by atoms with van der Waals surface area (Å²) < 4.78 is 10.0. The van der Waals surface area contributed by atoms with E-state index in [1.165, 1.54) is 0 Å². The van der Waals surface area contributed by atoms with E-state index >= 15 is 0 Å². The van der Waals surface area contributed by atoms with E-state index in [1.54, 1.807) is 44.0 Å². The standard InChI is InChI=1S/C21H23Cl2NO6/c1-5-7-15(25)29-10-30-21(28)17-12(3)24(4)11(2)16(20(26)27)18(17)13-8-6-9-14(22)19(13)23/h6,8-9,18H,5,7,10H2,1-4H3,(H,26,27). The summed E-state index contributed by atoms with van der Waals surface area (Å²) in [5.41, 5.74) is 1.36. The summed E-state index contributed by atoms with van der Waals surface area (Å²) in [6, 6.07) is 4.81. The molecule has 1 atom stereocenters. The highest BCUT2D eigenvalue weighted by Crippen LogP contribution is 2.45. The molecule has 1 aliphatic rings. The third-order valence-electron chi connectivity index (χ3n) is 4.97. The number of halogens is 2. The van der Waals surface area contributed by atoms with Crippen LogP contribution in [0.5, 0.6) is 0 Å². The first-order valence-corrected chi connectivity index (χ1v) is 10.0. The molecule has 9 heteroatoms. The van der Waals surface area contributed by atoms with Gasteiger partial charge in [0.1, 0.15) is 0 Å². The number of nitrogens with zero attached hydrogens (tertiary/aromatic N) is 1. The summed E-state index contributed by atoms with van der Waals surface area (Å²) in [5, 5.41) is 10.3. The maximum Gasteiger partial charge on any atom is 0.339 e. The number of ether oxygens (including phenoxy) is 2. The fourth-order valence-electron chi connectivity index (χ4n) is 3.28. The average molecular weight is 456 g/mol. The lowest BCUT2D eigenvalue weighted by Crippen LogP contribution is -2.33. The molecule has 1 aromatic carbocycles. The van der Waals surface area contributed by atoms with Gasteiger partial charge in [-0.1, -0.05) is 42.3 Å². The molecule has 0 aromatic heterocycles. The molecular formula is C21H23Cl2NO6. The van der Waals surface area contributed by atoms with Crippen LogP contribution in [0.2, 0.25) is 10.0 Å². The second kappa shape index (κ2) is 10.00. The van der Waals surface area contributed by atoms with Crippen LogP contribution in [0.25, 0.3) is 0 Å². The highest BCUT2D eigenvalue weighted by molar-refractivity contribution is 6.42. The molecule has 0 aliphatic carbocycles. The molecule has 0 fully saturated rings. The van der Waals surface area contributed by atoms with Gasteiger partial charge in [0.15, 0.2) is 0 Å². The van der Waals surface area contributed by atoms with Crippen molar-refractivity contribution in [1.29, 1.82) is 0 Å². The number of carbonyl (C=O) groups excluding carboxylic acids is 2. The summed E-state index contributed by atoms with van der Waals surface area (Å²) in [4.78, 5) is 38.2. The van der Waals surface area contributed by atoms with Crippen molar-refractivity contribution in [2.45, 2.75) is 39.5 Å². The lowest BCUT2D eigenvalue weighted by atomic mass is 9.80. The van der Waals surface area contributed by atoms with Crippen LogP contribution in [0, 0.1) is 0 Å². The Balaban J connectivity index is 2.51. The van der Waals surface area contributed by atoms with Gasteiger partial charge in [0, 0.05) is 24.9 Å². The molecule has 2 rings (SSSR count). The van der Waals surface area contributed by atoms with E-state index < -0.39 is 30.6 Å². The molecule has 7 nitrogen and oxygen atoms in total. The predicted octanol–water partition coefficient (Wildman–Crippen LogP) is 4.50. The number of carboxylic acid groups (broad SMARTS) is 1. The number of allylic oxidation sites excluding steroid dienone is 2. The Kier molecular flexibility index (Phi) is 7.92. The minimum atomic E-state index is -1.20. The SMILES string of the molecule is CCCC(=O)OCOC(=O)C1=C(C)N(C)C(C)=C(C(=O)O)C1c1cccc(Cl)c1Cl. The van der Waals surface area contributed by atoms with E-state index in [2.05, 4.69) is 0 Å².